The van der Waals surface area contributed by atoms with Gasteiger partial charge in [0.05, 0.1) is 13.2 Å². The SMILES string of the molecule is COCCNCc1cnc(N(C)CC(=O)NC2CC2)nc1. The summed E-state index contributed by atoms with van der Waals surface area (Å²) in [7, 11) is 3.49. The van der Waals surface area contributed by atoms with Crippen molar-refractivity contribution in [2.24, 2.45) is 0 Å². The minimum atomic E-state index is 0.0221. The molecule has 1 saturated carbocycles. The number of hydrogen-bond donors (Lipinski definition) is 2. The molecule has 0 spiro atoms. The van der Waals surface area contributed by atoms with Gasteiger partial charge in [0.2, 0.25) is 11.9 Å². The molecule has 1 fully saturated rings. The molecular formula is C14H23N5O2. The molecule has 0 unspecified atom stereocenters. The lowest BCUT2D eigenvalue weighted by Gasteiger charge is -2.16. The summed E-state index contributed by atoms with van der Waals surface area (Å²) in [5.74, 6) is 0.579. The average molecular weight is 293 g/mol. The number of carbonyl (C=O) groups is 1. The van der Waals surface area contributed by atoms with Gasteiger partial charge >= 0.3 is 0 Å². The van der Waals surface area contributed by atoms with E-state index >= 15 is 0 Å². The highest BCUT2D eigenvalue weighted by Crippen LogP contribution is 2.18. The third-order valence-electron chi connectivity index (χ3n) is 3.17. The Bertz CT molecular complexity index is 447. The van der Waals surface area contributed by atoms with E-state index in [-0.39, 0.29) is 12.5 Å². The smallest absolute Gasteiger partial charge is 0.239 e. The van der Waals surface area contributed by atoms with E-state index < -0.39 is 0 Å². The maximum atomic E-state index is 11.7. The van der Waals surface area contributed by atoms with Crippen LogP contribution in [0.25, 0.3) is 0 Å². The quantitative estimate of drug-likeness (QED) is 0.620. The van der Waals surface area contributed by atoms with Gasteiger partial charge in [-0.15, -0.1) is 0 Å². The second-order valence-corrected chi connectivity index (χ2v) is 5.26. The van der Waals surface area contributed by atoms with Gasteiger partial charge in [-0.05, 0) is 12.8 Å². The van der Waals surface area contributed by atoms with Gasteiger partial charge in [0.1, 0.15) is 0 Å². The average Bonchev–Trinajstić information content (AvgIpc) is 3.28. The number of carbonyl (C=O) groups excluding carboxylic acids is 1. The molecule has 7 heteroatoms. The van der Waals surface area contributed by atoms with Crippen LogP contribution in [0.15, 0.2) is 12.4 Å². The van der Waals surface area contributed by atoms with Crippen LogP contribution in [0.3, 0.4) is 0 Å². The monoisotopic (exact) mass is 293 g/mol. The van der Waals surface area contributed by atoms with Crippen molar-refractivity contribution in [3.63, 3.8) is 0 Å². The summed E-state index contributed by atoms with van der Waals surface area (Å²) in [5, 5.41) is 6.18. The van der Waals surface area contributed by atoms with Crippen molar-refractivity contribution >= 4 is 11.9 Å². The molecule has 0 aliphatic heterocycles. The zero-order valence-electron chi connectivity index (χ0n) is 12.6. The lowest BCUT2D eigenvalue weighted by atomic mass is 10.3. The molecule has 1 aromatic rings. The van der Waals surface area contributed by atoms with E-state index in [2.05, 4.69) is 20.6 Å². The number of nitrogens with one attached hydrogen (secondary N) is 2. The highest BCUT2D eigenvalue weighted by atomic mass is 16.5. The molecule has 2 N–H and O–H groups in total. The maximum Gasteiger partial charge on any atom is 0.239 e. The first-order valence-corrected chi connectivity index (χ1v) is 7.20. The minimum absolute atomic E-state index is 0.0221. The van der Waals surface area contributed by atoms with Crippen molar-refractivity contribution in [3.05, 3.63) is 18.0 Å². The van der Waals surface area contributed by atoms with Crippen molar-refractivity contribution in [1.82, 2.24) is 20.6 Å². The molecule has 21 heavy (non-hydrogen) atoms. The highest BCUT2D eigenvalue weighted by molar-refractivity contribution is 5.81. The van der Waals surface area contributed by atoms with Gasteiger partial charge < -0.3 is 20.3 Å². The van der Waals surface area contributed by atoms with Gasteiger partial charge in [0, 0.05) is 51.2 Å². The Balaban J connectivity index is 1.75. The second-order valence-electron chi connectivity index (χ2n) is 5.26. The predicted molar refractivity (Wildman–Crippen MR) is 80.0 cm³/mol. The van der Waals surface area contributed by atoms with Crippen molar-refractivity contribution < 1.29 is 9.53 Å². The van der Waals surface area contributed by atoms with Crippen molar-refractivity contribution in [2.45, 2.75) is 25.4 Å². The van der Waals surface area contributed by atoms with Crippen LogP contribution in [0.2, 0.25) is 0 Å². The molecule has 1 heterocycles. The molecular weight excluding hydrogens is 270 g/mol. The van der Waals surface area contributed by atoms with Gasteiger partial charge in [0.25, 0.3) is 0 Å². The van der Waals surface area contributed by atoms with Crippen LogP contribution in [-0.4, -0.2) is 55.8 Å². The molecule has 0 saturated heterocycles. The number of aromatic nitrogens is 2. The number of nitrogens with zero attached hydrogens (tertiary/aromatic N) is 3. The van der Waals surface area contributed by atoms with Crippen LogP contribution in [0, 0.1) is 0 Å². The van der Waals surface area contributed by atoms with E-state index in [0.29, 0.717) is 25.1 Å². The summed E-state index contributed by atoms with van der Waals surface area (Å²) in [6, 6.07) is 0.382. The lowest BCUT2D eigenvalue weighted by Crippen LogP contribution is -2.36. The van der Waals surface area contributed by atoms with Crippen molar-refractivity contribution in [3.8, 4) is 0 Å². The Hall–Kier alpha value is -1.73. The van der Waals surface area contributed by atoms with E-state index in [4.69, 9.17) is 4.74 Å². The molecule has 0 atom stereocenters. The Morgan fingerprint density at radius 3 is 2.76 bits per heavy atom. The first-order chi connectivity index (χ1) is 10.2. The van der Waals surface area contributed by atoms with Gasteiger partial charge in [0.15, 0.2) is 0 Å². The zero-order valence-corrected chi connectivity index (χ0v) is 12.6. The minimum Gasteiger partial charge on any atom is -0.383 e. The maximum absolute atomic E-state index is 11.7. The number of hydrogen-bond acceptors (Lipinski definition) is 6. The summed E-state index contributed by atoms with van der Waals surface area (Å²) < 4.78 is 4.96. The van der Waals surface area contributed by atoms with E-state index in [1.807, 2.05) is 7.05 Å². The lowest BCUT2D eigenvalue weighted by molar-refractivity contribution is -0.119. The molecule has 1 aliphatic rings. The van der Waals surface area contributed by atoms with Crippen molar-refractivity contribution in [1.29, 1.82) is 0 Å². The number of ether oxygens (including phenoxy) is 1. The van der Waals surface area contributed by atoms with Gasteiger partial charge in [-0.1, -0.05) is 0 Å². The first-order valence-electron chi connectivity index (χ1n) is 7.20. The topological polar surface area (TPSA) is 79.4 Å². The Morgan fingerprint density at radius 2 is 2.14 bits per heavy atom. The summed E-state index contributed by atoms with van der Waals surface area (Å²) >= 11 is 0. The normalized spacial score (nSPS) is 14.0. The zero-order chi connectivity index (χ0) is 15.1. The van der Waals surface area contributed by atoms with E-state index in [9.17, 15) is 4.79 Å². The van der Waals surface area contributed by atoms with E-state index in [1.54, 1.807) is 24.4 Å². The first kappa shape index (κ1) is 15.7. The summed E-state index contributed by atoms with van der Waals surface area (Å²) in [6.45, 7) is 2.45. The molecule has 0 bridgehead atoms. The molecule has 2 rings (SSSR count). The number of amides is 1. The fraction of sp³-hybridized carbons (Fsp3) is 0.643. The Morgan fingerprint density at radius 1 is 1.43 bits per heavy atom. The highest BCUT2D eigenvalue weighted by Gasteiger charge is 2.23. The number of methoxy groups -OCH3 is 1. The van der Waals surface area contributed by atoms with Crippen molar-refractivity contribution in [2.75, 3.05) is 38.8 Å². The molecule has 1 amide bonds. The third-order valence-corrected chi connectivity index (χ3v) is 3.17. The van der Waals surface area contributed by atoms with E-state index in [1.165, 1.54) is 0 Å². The molecule has 7 nitrogen and oxygen atoms in total. The summed E-state index contributed by atoms with van der Waals surface area (Å²) in [5.41, 5.74) is 1.01. The Labute approximate surface area is 125 Å². The van der Waals surface area contributed by atoms with Crippen LogP contribution in [0.1, 0.15) is 18.4 Å². The predicted octanol–water partition coefficient (Wildman–Crippen LogP) is -0.0726. The molecule has 116 valence electrons. The molecule has 1 aromatic heterocycles. The number of rotatable bonds is 9. The van der Waals surface area contributed by atoms with Crippen LogP contribution >= 0.6 is 0 Å². The van der Waals surface area contributed by atoms with Crippen LogP contribution in [-0.2, 0) is 16.1 Å². The Kier molecular flexibility index (Phi) is 5.89. The fourth-order valence-electron chi connectivity index (χ4n) is 1.83. The van der Waals surface area contributed by atoms with E-state index in [0.717, 1.165) is 24.9 Å². The molecule has 0 radical (unpaired) electrons. The van der Waals surface area contributed by atoms with Crippen LogP contribution in [0.4, 0.5) is 5.95 Å². The number of anilines is 1. The van der Waals surface area contributed by atoms with Crippen LogP contribution in [0.5, 0.6) is 0 Å². The second kappa shape index (κ2) is 7.90. The number of likely N-dealkylation sites (N-methyl/N-ethyl adjacent to an activating group) is 1. The van der Waals surface area contributed by atoms with Crippen LogP contribution < -0.4 is 15.5 Å². The third kappa shape index (κ3) is 5.65. The summed E-state index contributed by atoms with van der Waals surface area (Å²) in [4.78, 5) is 22.0. The largest absolute Gasteiger partial charge is 0.383 e. The molecule has 0 aromatic carbocycles. The fourth-order valence-corrected chi connectivity index (χ4v) is 1.83. The molecule has 1 aliphatic carbocycles. The summed E-state index contributed by atoms with van der Waals surface area (Å²) in [6.07, 6.45) is 5.74. The van der Waals surface area contributed by atoms with Gasteiger partial charge in [-0.3, -0.25) is 4.79 Å². The van der Waals surface area contributed by atoms with Gasteiger partial charge in [-0.25, -0.2) is 9.97 Å². The standard InChI is InChI=1S/C14H23N5O2/c1-19(10-13(20)18-12-3-4-12)14-16-8-11(9-17-14)7-15-5-6-21-2/h8-9,12,15H,3-7,10H2,1-2H3,(H,18,20). The van der Waals surface area contributed by atoms with Gasteiger partial charge in [-0.2, -0.15) is 0 Å².